The van der Waals surface area contributed by atoms with Crippen molar-refractivity contribution in [3.8, 4) is 5.75 Å². The largest absolute Gasteiger partial charge is 0.456 e. The molecule has 2 heterocycles. The molecule has 0 atom stereocenters. The molecule has 1 aromatic carbocycles. The number of para-hydroxylation sites is 1. The molecule has 0 aromatic heterocycles. The molecule has 1 aromatic rings. The summed E-state index contributed by atoms with van der Waals surface area (Å²) < 4.78 is 30.0. The van der Waals surface area contributed by atoms with E-state index in [1.165, 1.54) is 0 Å². The Bertz CT molecular complexity index is 701. The van der Waals surface area contributed by atoms with E-state index in [2.05, 4.69) is 0 Å². The molecule has 0 saturated carbocycles. The van der Waals surface area contributed by atoms with E-state index in [1.807, 2.05) is 51.1 Å². The molecule has 0 amide bonds. The molecule has 22 heavy (non-hydrogen) atoms. The number of benzene rings is 1. The van der Waals surface area contributed by atoms with Crippen LogP contribution in [0.4, 0.5) is 0 Å². The summed E-state index contributed by atoms with van der Waals surface area (Å²) in [6, 6.07) is 7.80. The summed E-state index contributed by atoms with van der Waals surface area (Å²) in [5, 5.41) is 0.525. The fourth-order valence-corrected chi connectivity index (χ4v) is 4.29. The zero-order valence-corrected chi connectivity index (χ0v) is 14.3. The van der Waals surface area contributed by atoms with Gasteiger partial charge in [0.2, 0.25) is 0 Å². The summed E-state index contributed by atoms with van der Waals surface area (Å²) in [5.41, 5.74) is 1.99. The maximum atomic E-state index is 12.9. The smallest absolute Gasteiger partial charge is 0.360 e. The lowest BCUT2D eigenvalue weighted by Crippen LogP contribution is -2.29. The quantitative estimate of drug-likeness (QED) is 0.685. The zero-order chi connectivity index (χ0) is 16.0. The molecule has 0 bridgehead atoms. The van der Waals surface area contributed by atoms with Gasteiger partial charge >= 0.3 is 7.60 Å². The highest BCUT2D eigenvalue weighted by Crippen LogP contribution is 2.61. The topological polar surface area (TPSA) is 44.8 Å². The Morgan fingerprint density at radius 1 is 1.18 bits per heavy atom. The van der Waals surface area contributed by atoms with E-state index >= 15 is 0 Å². The van der Waals surface area contributed by atoms with Crippen molar-refractivity contribution in [3.63, 3.8) is 0 Å². The van der Waals surface area contributed by atoms with Gasteiger partial charge in [-0.25, -0.2) is 0 Å². The minimum absolute atomic E-state index is 0.120. The second-order valence-electron chi connectivity index (χ2n) is 6.58. The highest BCUT2D eigenvalue weighted by atomic mass is 31.2. The van der Waals surface area contributed by atoms with Crippen LogP contribution in [0.2, 0.25) is 0 Å². The van der Waals surface area contributed by atoms with Gasteiger partial charge in [0.1, 0.15) is 11.5 Å². The van der Waals surface area contributed by atoms with E-state index in [0.717, 1.165) is 16.9 Å². The van der Waals surface area contributed by atoms with E-state index in [9.17, 15) is 4.57 Å². The highest BCUT2D eigenvalue weighted by molar-refractivity contribution is 7.58. The Morgan fingerprint density at radius 3 is 2.50 bits per heavy atom. The first-order valence-corrected chi connectivity index (χ1v) is 8.91. The van der Waals surface area contributed by atoms with Crippen molar-refractivity contribution in [2.75, 3.05) is 13.2 Å². The molecule has 1 fully saturated rings. The van der Waals surface area contributed by atoms with E-state index in [-0.39, 0.29) is 5.41 Å². The lowest BCUT2D eigenvalue weighted by Gasteiger charge is -2.34. The summed E-state index contributed by atoms with van der Waals surface area (Å²) in [6.45, 7) is 8.64. The first-order chi connectivity index (χ1) is 10.3. The third kappa shape index (κ3) is 2.79. The van der Waals surface area contributed by atoms with Gasteiger partial charge in [0.05, 0.1) is 18.5 Å². The van der Waals surface area contributed by atoms with Crippen LogP contribution in [0.5, 0.6) is 5.75 Å². The van der Waals surface area contributed by atoms with Crippen molar-refractivity contribution in [3.05, 3.63) is 47.0 Å². The molecule has 5 heteroatoms. The van der Waals surface area contributed by atoms with Crippen molar-refractivity contribution < 1.29 is 18.3 Å². The van der Waals surface area contributed by atoms with Gasteiger partial charge in [0.15, 0.2) is 0 Å². The number of ether oxygens (including phenoxy) is 1. The normalized spacial score (nSPS) is 24.8. The highest BCUT2D eigenvalue weighted by Gasteiger charge is 2.40. The van der Waals surface area contributed by atoms with Gasteiger partial charge in [-0.05, 0) is 31.6 Å². The van der Waals surface area contributed by atoms with Crippen LogP contribution in [0.3, 0.4) is 0 Å². The van der Waals surface area contributed by atoms with Crippen LogP contribution in [0.15, 0.2) is 41.4 Å². The van der Waals surface area contributed by atoms with Crippen molar-refractivity contribution in [2.45, 2.75) is 27.7 Å². The number of hydrogen-bond donors (Lipinski definition) is 0. The number of fused-ring (bicyclic) bond motifs is 1. The van der Waals surface area contributed by atoms with Crippen molar-refractivity contribution in [1.82, 2.24) is 0 Å². The van der Waals surface area contributed by atoms with Gasteiger partial charge in [-0.3, -0.25) is 4.57 Å². The average molecular weight is 320 g/mol. The third-order valence-corrected chi connectivity index (χ3v) is 5.88. The Labute approximate surface area is 131 Å². The number of hydrogen-bond acceptors (Lipinski definition) is 4. The van der Waals surface area contributed by atoms with Gasteiger partial charge in [-0.2, -0.15) is 0 Å². The summed E-state index contributed by atoms with van der Waals surface area (Å²) in [6.07, 6.45) is 1.89. The molecular weight excluding hydrogens is 299 g/mol. The van der Waals surface area contributed by atoms with Crippen molar-refractivity contribution in [2.24, 2.45) is 5.41 Å². The number of allylic oxidation sites excluding steroid dienone is 3. The first-order valence-electron chi connectivity index (χ1n) is 7.37. The second-order valence-corrected chi connectivity index (χ2v) is 8.77. The van der Waals surface area contributed by atoms with Gasteiger partial charge in [0.25, 0.3) is 0 Å². The molecule has 118 valence electrons. The Hall–Kier alpha value is -1.35. The molecule has 1 saturated heterocycles. The molecule has 0 N–H and O–H groups in total. The van der Waals surface area contributed by atoms with Gasteiger partial charge in [-0.1, -0.05) is 32.0 Å². The molecule has 0 aliphatic carbocycles. The van der Waals surface area contributed by atoms with Crippen LogP contribution in [-0.4, -0.2) is 13.2 Å². The summed E-state index contributed by atoms with van der Waals surface area (Å²) in [4.78, 5) is 0. The second kappa shape index (κ2) is 5.38. The predicted octanol–water partition coefficient (Wildman–Crippen LogP) is 4.98. The Kier molecular flexibility index (Phi) is 3.80. The predicted molar refractivity (Wildman–Crippen MR) is 86.7 cm³/mol. The van der Waals surface area contributed by atoms with Gasteiger partial charge in [0, 0.05) is 11.0 Å². The van der Waals surface area contributed by atoms with E-state index in [1.54, 1.807) is 6.92 Å². The molecular formula is C17H21O4P. The first kappa shape index (κ1) is 15.5. The standard InChI is InChI=1S/C17H21O4P/c1-12-9-16(21-15-8-6-5-7-14(12)15)13(2)22(18)19-10-17(3,4)11-20-22/h5-9H,10-11H2,1-4H3/b16-13+. The molecule has 0 radical (unpaired) electrons. The van der Waals surface area contributed by atoms with Gasteiger partial charge < -0.3 is 13.8 Å². The molecule has 4 nitrogen and oxygen atoms in total. The molecule has 2 aliphatic rings. The minimum atomic E-state index is -3.28. The van der Waals surface area contributed by atoms with Crippen LogP contribution in [-0.2, 0) is 13.6 Å². The molecule has 0 unspecified atom stereocenters. The summed E-state index contributed by atoms with van der Waals surface area (Å²) in [5.74, 6) is 1.32. The van der Waals surface area contributed by atoms with Crippen LogP contribution in [0.1, 0.15) is 33.3 Å². The Balaban J connectivity index is 1.95. The lowest BCUT2D eigenvalue weighted by atomic mass is 9.97. The summed E-state index contributed by atoms with van der Waals surface area (Å²) in [7, 11) is -3.28. The molecule has 0 spiro atoms. The van der Waals surface area contributed by atoms with E-state index in [0.29, 0.717) is 24.3 Å². The van der Waals surface area contributed by atoms with Crippen LogP contribution in [0, 0.1) is 5.41 Å². The number of rotatable bonds is 1. The maximum absolute atomic E-state index is 12.9. The van der Waals surface area contributed by atoms with Crippen LogP contribution < -0.4 is 4.74 Å². The van der Waals surface area contributed by atoms with Crippen LogP contribution >= 0.6 is 7.60 Å². The van der Waals surface area contributed by atoms with Crippen molar-refractivity contribution >= 4 is 13.2 Å². The van der Waals surface area contributed by atoms with Gasteiger partial charge in [-0.15, -0.1) is 0 Å². The summed E-state index contributed by atoms with van der Waals surface area (Å²) >= 11 is 0. The molecule has 3 rings (SSSR count). The fraction of sp³-hybridized carbons (Fsp3) is 0.412. The SMILES string of the molecule is CC1=C/C(=C(/C)P2(=O)OCC(C)(C)CO2)Oc2ccccc21. The third-order valence-electron chi connectivity index (χ3n) is 3.90. The van der Waals surface area contributed by atoms with E-state index in [4.69, 9.17) is 13.8 Å². The average Bonchev–Trinajstić information content (AvgIpc) is 2.50. The van der Waals surface area contributed by atoms with E-state index < -0.39 is 7.60 Å². The van der Waals surface area contributed by atoms with Crippen molar-refractivity contribution in [1.29, 1.82) is 0 Å². The maximum Gasteiger partial charge on any atom is 0.360 e. The zero-order valence-electron chi connectivity index (χ0n) is 13.4. The molecule has 2 aliphatic heterocycles. The minimum Gasteiger partial charge on any atom is -0.456 e. The van der Waals surface area contributed by atoms with Crippen LogP contribution in [0.25, 0.3) is 5.57 Å². The Morgan fingerprint density at radius 2 is 1.82 bits per heavy atom. The lowest BCUT2D eigenvalue weighted by molar-refractivity contribution is 0.0442. The fourth-order valence-electron chi connectivity index (χ4n) is 2.41. The monoisotopic (exact) mass is 320 g/mol.